The van der Waals surface area contributed by atoms with Crippen molar-refractivity contribution in [2.45, 2.75) is 370 Å². The van der Waals surface area contributed by atoms with Crippen LogP contribution in [0.15, 0.2) is 48.6 Å². The SMILES string of the molecule is CCCCCCC/C=C\C/C=C\C/C=C\CCCCCCCCCCCCC(=O)NC(COC1OC(CO)C(OC2OC(CO)C(O)C(O)C2O)C(O)C1O)C(O)/C=C/CCCCCCCCCCCCCCCCCCCCCCCCC. The van der Waals surface area contributed by atoms with E-state index in [1.165, 1.54) is 212 Å². The van der Waals surface area contributed by atoms with Crippen LogP contribution in [0.1, 0.15) is 296 Å². The van der Waals surface area contributed by atoms with Crippen LogP contribution in [-0.4, -0.2) is 140 Å². The number of aliphatic hydroxyl groups is 8. The van der Waals surface area contributed by atoms with E-state index in [4.69, 9.17) is 18.9 Å². The van der Waals surface area contributed by atoms with Crippen LogP contribution in [0.25, 0.3) is 0 Å². The number of carbonyl (C=O) groups is 1. The molecule has 14 heteroatoms. The van der Waals surface area contributed by atoms with E-state index in [1.807, 2.05) is 6.08 Å². The number of ether oxygens (including phenoxy) is 4. The molecule has 0 spiro atoms. The minimum Gasteiger partial charge on any atom is -0.394 e. The molecular weight excluding hydrogens is 1060 g/mol. The van der Waals surface area contributed by atoms with E-state index < -0.39 is 86.8 Å². The number of carbonyl (C=O) groups excluding carboxylic acids is 1. The third-order valence-electron chi connectivity index (χ3n) is 17.0. The minimum absolute atomic E-state index is 0.241. The summed E-state index contributed by atoms with van der Waals surface area (Å²) < 4.78 is 22.9. The Hall–Kier alpha value is -2.05. The van der Waals surface area contributed by atoms with E-state index in [1.54, 1.807) is 6.08 Å². The summed E-state index contributed by atoms with van der Waals surface area (Å²) in [5.41, 5.74) is 0. The predicted octanol–water partition coefficient (Wildman–Crippen LogP) is 13.9. The molecule has 0 saturated carbocycles. The highest BCUT2D eigenvalue weighted by atomic mass is 16.7. The summed E-state index contributed by atoms with van der Waals surface area (Å²) in [5, 5.41) is 87.4. The first-order valence-corrected chi connectivity index (χ1v) is 34.9. The molecule has 0 aromatic carbocycles. The molecule has 0 radical (unpaired) electrons. The average Bonchev–Trinajstić information content (AvgIpc) is 3.18. The molecule has 12 unspecified atom stereocenters. The van der Waals surface area contributed by atoms with Crippen LogP contribution in [0.2, 0.25) is 0 Å². The van der Waals surface area contributed by atoms with Crippen molar-refractivity contribution in [2.24, 2.45) is 0 Å². The van der Waals surface area contributed by atoms with Gasteiger partial charge in [-0.05, 0) is 57.8 Å². The number of amides is 1. The van der Waals surface area contributed by atoms with Gasteiger partial charge in [0, 0.05) is 6.42 Å². The summed E-state index contributed by atoms with van der Waals surface area (Å²) in [6, 6.07) is -0.919. The summed E-state index contributed by atoms with van der Waals surface area (Å²) in [6.07, 6.45) is 54.4. The highest BCUT2D eigenvalue weighted by Gasteiger charge is 2.51. The lowest BCUT2D eigenvalue weighted by Crippen LogP contribution is -2.65. The van der Waals surface area contributed by atoms with Gasteiger partial charge < -0.3 is 65.1 Å². The zero-order valence-corrected chi connectivity index (χ0v) is 53.4. The number of unbranched alkanes of at least 4 members (excludes halogenated alkanes) is 38. The van der Waals surface area contributed by atoms with Crippen molar-refractivity contribution in [2.75, 3.05) is 19.8 Å². The number of hydrogen-bond acceptors (Lipinski definition) is 13. The van der Waals surface area contributed by atoms with Gasteiger partial charge in [-0.25, -0.2) is 0 Å². The molecule has 14 nitrogen and oxygen atoms in total. The lowest BCUT2D eigenvalue weighted by molar-refractivity contribution is -0.359. The second-order valence-electron chi connectivity index (χ2n) is 24.7. The first-order chi connectivity index (χ1) is 41.1. The van der Waals surface area contributed by atoms with Gasteiger partial charge in [0.25, 0.3) is 0 Å². The average molecular weight is 1190 g/mol. The van der Waals surface area contributed by atoms with Crippen molar-refractivity contribution in [3.63, 3.8) is 0 Å². The molecule has 2 saturated heterocycles. The first kappa shape index (κ1) is 78.0. The Morgan fingerprint density at radius 2 is 0.786 bits per heavy atom. The third-order valence-corrected chi connectivity index (χ3v) is 17.0. The van der Waals surface area contributed by atoms with E-state index in [9.17, 15) is 45.6 Å². The lowest BCUT2D eigenvalue weighted by atomic mass is 9.97. The quantitative estimate of drug-likeness (QED) is 0.0204. The molecule has 2 aliphatic heterocycles. The maximum atomic E-state index is 13.3. The molecule has 0 bridgehead atoms. The van der Waals surface area contributed by atoms with E-state index in [0.717, 1.165) is 57.8 Å². The highest BCUT2D eigenvalue weighted by molar-refractivity contribution is 5.76. The van der Waals surface area contributed by atoms with Crippen LogP contribution in [0.3, 0.4) is 0 Å². The Balaban J connectivity index is 1.70. The van der Waals surface area contributed by atoms with Crippen LogP contribution in [0, 0.1) is 0 Å². The molecule has 2 heterocycles. The summed E-state index contributed by atoms with van der Waals surface area (Å²) in [6.45, 7) is 2.82. The summed E-state index contributed by atoms with van der Waals surface area (Å²) in [5.74, 6) is -0.241. The second kappa shape index (κ2) is 55.1. The number of aliphatic hydroxyl groups excluding tert-OH is 8. The Morgan fingerprint density at radius 1 is 0.429 bits per heavy atom. The number of nitrogens with one attached hydrogen (secondary N) is 1. The van der Waals surface area contributed by atoms with Crippen molar-refractivity contribution < 1.29 is 64.6 Å². The number of allylic oxidation sites excluding steroid dienone is 7. The largest absolute Gasteiger partial charge is 0.394 e. The van der Waals surface area contributed by atoms with Crippen molar-refractivity contribution in [3.05, 3.63) is 48.6 Å². The Labute approximate surface area is 512 Å². The molecule has 12 atom stereocenters. The fraction of sp³-hybridized carbons (Fsp3) is 0.871. The van der Waals surface area contributed by atoms with Crippen LogP contribution in [-0.2, 0) is 23.7 Å². The van der Waals surface area contributed by atoms with E-state index in [2.05, 4.69) is 55.6 Å². The smallest absolute Gasteiger partial charge is 0.220 e. The van der Waals surface area contributed by atoms with E-state index in [0.29, 0.717) is 6.42 Å². The molecule has 2 rings (SSSR count). The summed E-state index contributed by atoms with van der Waals surface area (Å²) >= 11 is 0. The summed E-state index contributed by atoms with van der Waals surface area (Å²) in [7, 11) is 0. The minimum atomic E-state index is -1.79. The molecule has 2 aliphatic rings. The molecular formula is C70H129NO13. The third kappa shape index (κ3) is 39.1. The Morgan fingerprint density at radius 3 is 1.20 bits per heavy atom. The van der Waals surface area contributed by atoms with Gasteiger partial charge in [0.2, 0.25) is 5.91 Å². The molecule has 0 aliphatic carbocycles. The second-order valence-corrected chi connectivity index (χ2v) is 24.7. The van der Waals surface area contributed by atoms with Crippen molar-refractivity contribution in [1.82, 2.24) is 5.32 Å². The number of hydrogen-bond donors (Lipinski definition) is 9. The Bertz CT molecular complexity index is 1590. The fourth-order valence-corrected chi connectivity index (χ4v) is 11.4. The number of rotatable bonds is 57. The van der Waals surface area contributed by atoms with Crippen LogP contribution in [0.4, 0.5) is 0 Å². The Kier molecular flexibility index (Phi) is 51.1. The van der Waals surface area contributed by atoms with E-state index >= 15 is 0 Å². The predicted molar refractivity (Wildman–Crippen MR) is 341 cm³/mol. The molecule has 9 N–H and O–H groups in total. The molecule has 0 aromatic heterocycles. The van der Waals surface area contributed by atoms with Crippen molar-refractivity contribution in [3.8, 4) is 0 Å². The van der Waals surface area contributed by atoms with Gasteiger partial charge >= 0.3 is 0 Å². The maximum absolute atomic E-state index is 13.3. The molecule has 84 heavy (non-hydrogen) atoms. The lowest BCUT2D eigenvalue weighted by Gasteiger charge is -2.46. The van der Waals surface area contributed by atoms with E-state index in [-0.39, 0.29) is 18.9 Å². The molecule has 2 fully saturated rings. The monoisotopic (exact) mass is 1190 g/mol. The van der Waals surface area contributed by atoms with Crippen LogP contribution < -0.4 is 5.32 Å². The zero-order chi connectivity index (χ0) is 60.9. The van der Waals surface area contributed by atoms with Crippen LogP contribution >= 0.6 is 0 Å². The van der Waals surface area contributed by atoms with Gasteiger partial charge in [-0.1, -0.05) is 281 Å². The van der Waals surface area contributed by atoms with Crippen molar-refractivity contribution >= 4 is 5.91 Å². The van der Waals surface area contributed by atoms with Gasteiger partial charge in [0.1, 0.15) is 48.8 Å². The fourth-order valence-electron chi connectivity index (χ4n) is 11.4. The normalized spacial score (nSPS) is 23.9. The molecule has 492 valence electrons. The van der Waals surface area contributed by atoms with Gasteiger partial charge in [0.15, 0.2) is 12.6 Å². The van der Waals surface area contributed by atoms with Gasteiger partial charge in [-0.3, -0.25) is 4.79 Å². The van der Waals surface area contributed by atoms with Crippen molar-refractivity contribution in [1.29, 1.82) is 0 Å². The van der Waals surface area contributed by atoms with Gasteiger partial charge in [-0.15, -0.1) is 0 Å². The zero-order valence-electron chi connectivity index (χ0n) is 53.4. The molecule has 1 amide bonds. The molecule has 0 aromatic rings. The standard InChI is InChI=1S/C70H129NO13/c1-3-5-7-9-11-13-15-17-19-21-23-25-27-29-31-33-35-37-39-41-43-45-47-49-51-53-59(74)58(57-81-69-67(80)65(78)68(61(56-73)83-69)84-70-66(79)64(77)63(76)60(55-72)82-70)71-62(75)54-52-50-48-46-44-42-40-38-36-34-32-30-28-26-24-22-20-18-16-14-12-10-8-6-4-2/h16,18,22,24,28,30,51,53,58-61,63-70,72-74,76-80H,3-15,17,19-21,23,25-27,29,31-50,52,54-57H2,1-2H3,(H,71,75)/b18-16-,24-22-,30-28-,53-51+. The van der Waals surface area contributed by atoms with Gasteiger partial charge in [-0.2, -0.15) is 0 Å². The maximum Gasteiger partial charge on any atom is 0.220 e. The first-order valence-electron chi connectivity index (χ1n) is 34.9. The van der Waals surface area contributed by atoms with Crippen LogP contribution in [0.5, 0.6) is 0 Å². The topological polar surface area (TPSA) is 228 Å². The van der Waals surface area contributed by atoms with Gasteiger partial charge in [0.05, 0.1) is 32.0 Å². The summed E-state index contributed by atoms with van der Waals surface area (Å²) in [4.78, 5) is 13.3. The highest BCUT2D eigenvalue weighted by Crippen LogP contribution is 2.30.